The Morgan fingerprint density at radius 1 is 1.38 bits per heavy atom. The Labute approximate surface area is 98.3 Å². The summed E-state index contributed by atoms with van der Waals surface area (Å²) in [5.74, 6) is 0. The molecular formula is C11H12ClNO3. The maximum atomic E-state index is 9.77. The van der Waals surface area contributed by atoms with Crippen molar-refractivity contribution in [2.45, 2.75) is 18.6 Å². The minimum absolute atomic E-state index is 0.0499. The highest BCUT2D eigenvalue weighted by atomic mass is 35.5. The van der Waals surface area contributed by atoms with Crippen LogP contribution in [0.15, 0.2) is 18.2 Å². The van der Waals surface area contributed by atoms with Crippen LogP contribution in [0.1, 0.15) is 23.7 Å². The summed E-state index contributed by atoms with van der Waals surface area (Å²) in [5.41, 5.74) is 0.649. The monoisotopic (exact) mass is 241 g/mol. The van der Waals surface area contributed by atoms with Crippen LogP contribution in [0.3, 0.4) is 0 Å². The van der Waals surface area contributed by atoms with Crippen molar-refractivity contribution in [2.75, 3.05) is 6.61 Å². The van der Waals surface area contributed by atoms with Crippen LogP contribution in [0.4, 0.5) is 0 Å². The number of hydrogen-bond acceptors (Lipinski definition) is 4. The van der Waals surface area contributed by atoms with Crippen molar-refractivity contribution in [1.29, 1.82) is 5.26 Å². The van der Waals surface area contributed by atoms with Crippen molar-refractivity contribution in [3.63, 3.8) is 0 Å². The topological polar surface area (TPSA) is 84.5 Å². The van der Waals surface area contributed by atoms with Crippen LogP contribution >= 0.6 is 11.6 Å². The predicted molar refractivity (Wildman–Crippen MR) is 58.8 cm³/mol. The lowest BCUT2D eigenvalue weighted by atomic mass is 10.0. The van der Waals surface area contributed by atoms with E-state index in [1.54, 1.807) is 0 Å². The van der Waals surface area contributed by atoms with Crippen LogP contribution in [0.5, 0.6) is 0 Å². The summed E-state index contributed by atoms with van der Waals surface area (Å²) in [6, 6.07) is 6.36. The summed E-state index contributed by atoms with van der Waals surface area (Å²) in [7, 11) is 0. The van der Waals surface area contributed by atoms with Crippen molar-refractivity contribution < 1.29 is 15.3 Å². The van der Waals surface area contributed by atoms with Crippen molar-refractivity contribution in [1.82, 2.24) is 0 Å². The Morgan fingerprint density at radius 2 is 2.06 bits per heavy atom. The zero-order valence-corrected chi connectivity index (χ0v) is 9.22. The molecule has 5 heteroatoms. The van der Waals surface area contributed by atoms with E-state index >= 15 is 0 Å². The lowest BCUT2D eigenvalue weighted by Gasteiger charge is -2.18. The van der Waals surface area contributed by atoms with E-state index in [-0.39, 0.29) is 18.1 Å². The Kier molecular flexibility index (Phi) is 4.71. The number of aliphatic hydroxyl groups is 3. The highest BCUT2D eigenvalue weighted by molar-refractivity contribution is 6.31. The van der Waals surface area contributed by atoms with Crippen molar-refractivity contribution in [2.24, 2.45) is 0 Å². The van der Waals surface area contributed by atoms with E-state index in [9.17, 15) is 10.2 Å². The molecular weight excluding hydrogens is 230 g/mol. The van der Waals surface area contributed by atoms with Crippen LogP contribution in [0, 0.1) is 11.3 Å². The first-order chi connectivity index (χ1) is 7.60. The number of nitrogens with zero attached hydrogens (tertiary/aromatic N) is 1. The molecule has 0 aromatic heterocycles. The molecule has 86 valence electrons. The van der Waals surface area contributed by atoms with E-state index in [1.165, 1.54) is 18.2 Å². The summed E-state index contributed by atoms with van der Waals surface area (Å²) >= 11 is 5.85. The molecule has 0 saturated heterocycles. The minimum atomic E-state index is -1.20. The third-order valence-electron chi connectivity index (χ3n) is 2.23. The first-order valence-corrected chi connectivity index (χ1v) is 5.14. The zero-order chi connectivity index (χ0) is 12.1. The van der Waals surface area contributed by atoms with Gasteiger partial charge in [-0.1, -0.05) is 11.6 Å². The molecule has 2 atom stereocenters. The molecule has 1 aromatic carbocycles. The second-order valence-electron chi connectivity index (χ2n) is 3.37. The first-order valence-electron chi connectivity index (χ1n) is 4.76. The molecule has 0 fully saturated rings. The Balaban J connectivity index is 2.98. The predicted octanol–water partition coefficient (Wildman–Crippen LogP) is 0.988. The summed E-state index contributed by atoms with van der Waals surface area (Å²) in [5, 5.41) is 36.9. The molecule has 2 unspecified atom stereocenters. The van der Waals surface area contributed by atoms with Gasteiger partial charge in [-0.05, 0) is 24.6 Å². The molecule has 0 amide bonds. The summed E-state index contributed by atoms with van der Waals surface area (Å²) in [6.07, 6.45) is -2.25. The lowest BCUT2D eigenvalue weighted by molar-refractivity contribution is 0.00426. The Hall–Kier alpha value is -1.12. The molecule has 0 aliphatic rings. The molecule has 3 N–H and O–H groups in total. The normalized spacial score (nSPS) is 14.2. The fourth-order valence-corrected chi connectivity index (χ4v) is 1.57. The number of nitriles is 1. The highest BCUT2D eigenvalue weighted by Crippen LogP contribution is 2.27. The molecule has 0 radical (unpaired) electrons. The van der Waals surface area contributed by atoms with Gasteiger partial charge in [0.2, 0.25) is 0 Å². The zero-order valence-electron chi connectivity index (χ0n) is 8.47. The van der Waals surface area contributed by atoms with Gasteiger partial charge in [0.1, 0.15) is 6.10 Å². The fourth-order valence-electron chi connectivity index (χ4n) is 1.34. The Bertz CT molecular complexity index is 403. The quantitative estimate of drug-likeness (QED) is 0.734. The van der Waals surface area contributed by atoms with Gasteiger partial charge in [-0.15, -0.1) is 0 Å². The van der Waals surface area contributed by atoms with Gasteiger partial charge in [-0.25, -0.2) is 0 Å². The number of hydrogen-bond donors (Lipinski definition) is 3. The van der Waals surface area contributed by atoms with Gasteiger partial charge in [-0.2, -0.15) is 5.26 Å². The van der Waals surface area contributed by atoms with E-state index in [1.807, 2.05) is 6.07 Å². The molecule has 4 nitrogen and oxygen atoms in total. The largest absolute Gasteiger partial charge is 0.396 e. The molecule has 0 saturated carbocycles. The smallest absolute Gasteiger partial charge is 0.106 e. The van der Waals surface area contributed by atoms with E-state index in [0.29, 0.717) is 11.1 Å². The second-order valence-corrected chi connectivity index (χ2v) is 3.78. The van der Waals surface area contributed by atoms with Crippen LogP contribution in [-0.2, 0) is 0 Å². The van der Waals surface area contributed by atoms with Crippen molar-refractivity contribution in [3.05, 3.63) is 34.3 Å². The van der Waals surface area contributed by atoms with Crippen LogP contribution in [0.25, 0.3) is 0 Å². The second kappa shape index (κ2) is 5.83. The van der Waals surface area contributed by atoms with Crippen molar-refractivity contribution in [3.8, 4) is 6.07 Å². The molecule has 0 aliphatic carbocycles. The molecule has 16 heavy (non-hydrogen) atoms. The number of halogens is 1. The van der Waals surface area contributed by atoms with E-state index in [0.717, 1.165) is 0 Å². The van der Waals surface area contributed by atoms with Gasteiger partial charge in [0.25, 0.3) is 0 Å². The molecule has 0 aliphatic heterocycles. The first kappa shape index (κ1) is 12.9. The highest BCUT2D eigenvalue weighted by Gasteiger charge is 2.20. The van der Waals surface area contributed by atoms with Crippen LogP contribution < -0.4 is 0 Å². The molecule has 0 bridgehead atoms. The maximum absolute atomic E-state index is 9.77. The van der Waals surface area contributed by atoms with Gasteiger partial charge in [0.05, 0.1) is 17.7 Å². The lowest BCUT2D eigenvalue weighted by Crippen LogP contribution is -2.19. The fraction of sp³-hybridized carbons (Fsp3) is 0.364. The average molecular weight is 242 g/mol. The van der Waals surface area contributed by atoms with Crippen LogP contribution in [0.2, 0.25) is 5.02 Å². The summed E-state index contributed by atoms with van der Waals surface area (Å²) < 4.78 is 0. The SMILES string of the molecule is N#Cc1ccc(Cl)c(C(O)C(O)CCO)c1. The third-order valence-corrected chi connectivity index (χ3v) is 2.58. The molecule has 0 spiro atoms. The van der Waals surface area contributed by atoms with E-state index in [4.69, 9.17) is 22.0 Å². The number of aliphatic hydroxyl groups excluding tert-OH is 3. The molecule has 1 aromatic rings. The van der Waals surface area contributed by atoms with Gasteiger partial charge < -0.3 is 15.3 Å². The maximum Gasteiger partial charge on any atom is 0.106 e. The summed E-state index contributed by atoms with van der Waals surface area (Å²) in [4.78, 5) is 0. The number of rotatable bonds is 4. The van der Waals surface area contributed by atoms with Gasteiger partial charge >= 0.3 is 0 Å². The van der Waals surface area contributed by atoms with Crippen molar-refractivity contribution >= 4 is 11.6 Å². The van der Waals surface area contributed by atoms with Gasteiger partial charge in [0, 0.05) is 17.2 Å². The standard InChI is InChI=1S/C11H12ClNO3/c12-9-2-1-7(6-13)5-8(9)11(16)10(15)3-4-14/h1-2,5,10-11,14-16H,3-4H2. The van der Waals surface area contributed by atoms with Gasteiger partial charge in [-0.3, -0.25) is 0 Å². The Morgan fingerprint density at radius 3 is 2.62 bits per heavy atom. The molecule has 1 rings (SSSR count). The molecule has 0 heterocycles. The average Bonchev–Trinajstić information content (AvgIpc) is 2.29. The van der Waals surface area contributed by atoms with E-state index in [2.05, 4.69) is 0 Å². The van der Waals surface area contributed by atoms with Crippen LogP contribution in [-0.4, -0.2) is 28.0 Å². The summed E-state index contributed by atoms with van der Waals surface area (Å²) in [6.45, 7) is -0.228. The number of benzene rings is 1. The minimum Gasteiger partial charge on any atom is -0.396 e. The van der Waals surface area contributed by atoms with E-state index < -0.39 is 12.2 Å². The third kappa shape index (κ3) is 2.94. The van der Waals surface area contributed by atoms with Gasteiger partial charge in [0.15, 0.2) is 0 Å².